The maximum Gasteiger partial charge on any atom is 0.234 e. The topological polar surface area (TPSA) is 44.4 Å². The summed E-state index contributed by atoms with van der Waals surface area (Å²) in [7, 11) is 0. The maximum absolute atomic E-state index is 12.1. The summed E-state index contributed by atoms with van der Waals surface area (Å²) in [6.07, 6.45) is 1.23. The van der Waals surface area contributed by atoms with Gasteiger partial charge < -0.3 is 10.6 Å². The fourth-order valence-electron chi connectivity index (χ4n) is 3.35. The number of carbonyl (C=O) groups is 1. The monoisotopic (exact) mass is 329 g/mol. The third kappa shape index (κ3) is 4.19. The van der Waals surface area contributed by atoms with Crippen molar-refractivity contribution in [2.75, 3.05) is 32.7 Å². The number of hydrogen-bond acceptors (Lipinski definition) is 4. The van der Waals surface area contributed by atoms with Crippen LogP contribution in [0, 0.1) is 11.8 Å². The van der Waals surface area contributed by atoms with E-state index in [0.29, 0.717) is 6.54 Å². The summed E-state index contributed by atoms with van der Waals surface area (Å²) < 4.78 is 0. The summed E-state index contributed by atoms with van der Waals surface area (Å²) in [6.45, 7) is 7.01. The van der Waals surface area contributed by atoms with Crippen molar-refractivity contribution in [2.45, 2.75) is 19.4 Å². The zero-order chi connectivity index (χ0) is 13.9. The molecule has 0 bridgehead atoms. The van der Waals surface area contributed by atoms with Gasteiger partial charge in [-0.25, -0.2) is 0 Å². The molecule has 1 amide bonds. The second kappa shape index (κ2) is 7.58. The van der Waals surface area contributed by atoms with Crippen LogP contribution in [0.15, 0.2) is 17.5 Å². The van der Waals surface area contributed by atoms with Gasteiger partial charge in [0.05, 0.1) is 12.6 Å². The number of nitrogens with one attached hydrogen (secondary N) is 2. The van der Waals surface area contributed by atoms with Crippen LogP contribution in [-0.4, -0.2) is 43.5 Å². The van der Waals surface area contributed by atoms with Gasteiger partial charge in [-0.1, -0.05) is 6.07 Å². The number of hydrogen-bond donors (Lipinski definition) is 2. The Morgan fingerprint density at radius 1 is 1.52 bits per heavy atom. The van der Waals surface area contributed by atoms with E-state index < -0.39 is 0 Å². The predicted octanol–water partition coefficient (Wildman–Crippen LogP) is 1.89. The first-order valence-corrected chi connectivity index (χ1v) is 8.36. The third-order valence-corrected chi connectivity index (χ3v) is 5.56. The summed E-state index contributed by atoms with van der Waals surface area (Å²) >= 11 is 1.70. The Labute approximate surface area is 136 Å². The van der Waals surface area contributed by atoms with E-state index in [2.05, 4.69) is 33.9 Å². The summed E-state index contributed by atoms with van der Waals surface area (Å²) in [5.41, 5.74) is 0. The van der Waals surface area contributed by atoms with E-state index in [0.717, 1.165) is 31.5 Å². The number of amides is 1. The molecule has 3 unspecified atom stereocenters. The first-order valence-electron chi connectivity index (χ1n) is 7.48. The molecule has 3 heterocycles. The second-order valence-corrected chi connectivity index (χ2v) is 6.99. The molecule has 118 valence electrons. The van der Waals surface area contributed by atoms with E-state index in [1.54, 1.807) is 11.3 Å². The Balaban J connectivity index is 0.00000161. The lowest BCUT2D eigenvalue weighted by molar-refractivity contribution is -0.123. The van der Waals surface area contributed by atoms with Crippen LogP contribution in [0.4, 0.5) is 0 Å². The minimum Gasteiger partial charge on any atom is -0.348 e. The molecular weight excluding hydrogens is 306 g/mol. The van der Waals surface area contributed by atoms with E-state index in [4.69, 9.17) is 0 Å². The molecule has 0 aromatic carbocycles. The highest BCUT2D eigenvalue weighted by atomic mass is 35.5. The molecule has 3 atom stereocenters. The van der Waals surface area contributed by atoms with Crippen molar-refractivity contribution >= 4 is 29.7 Å². The normalized spacial score (nSPS) is 26.7. The number of carbonyl (C=O) groups excluding carboxylic acids is 1. The van der Waals surface area contributed by atoms with Crippen molar-refractivity contribution in [3.63, 3.8) is 0 Å². The fourth-order valence-corrected chi connectivity index (χ4v) is 4.09. The van der Waals surface area contributed by atoms with Crippen molar-refractivity contribution in [3.8, 4) is 0 Å². The number of likely N-dealkylation sites (tertiary alicyclic amines) is 1. The van der Waals surface area contributed by atoms with E-state index in [9.17, 15) is 4.79 Å². The van der Waals surface area contributed by atoms with E-state index in [1.807, 2.05) is 6.07 Å². The van der Waals surface area contributed by atoms with Crippen molar-refractivity contribution in [3.05, 3.63) is 22.4 Å². The van der Waals surface area contributed by atoms with Crippen LogP contribution in [0.1, 0.15) is 24.3 Å². The molecule has 21 heavy (non-hydrogen) atoms. The maximum atomic E-state index is 12.1. The van der Waals surface area contributed by atoms with E-state index in [1.165, 1.54) is 17.8 Å². The Morgan fingerprint density at radius 2 is 2.33 bits per heavy atom. The van der Waals surface area contributed by atoms with Crippen LogP contribution in [0.5, 0.6) is 0 Å². The molecule has 1 aromatic rings. The average molecular weight is 330 g/mol. The van der Waals surface area contributed by atoms with Crippen molar-refractivity contribution < 1.29 is 4.79 Å². The van der Waals surface area contributed by atoms with Gasteiger partial charge in [-0.3, -0.25) is 9.69 Å². The molecule has 1 aromatic heterocycles. The molecule has 2 saturated heterocycles. The number of rotatable bonds is 4. The van der Waals surface area contributed by atoms with Gasteiger partial charge in [0.2, 0.25) is 5.91 Å². The molecule has 4 nitrogen and oxygen atoms in total. The van der Waals surface area contributed by atoms with Gasteiger partial charge in [-0.05, 0) is 56.3 Å². The molecule has 3 rings (SSSR count). The fraction of sp³-hybridized carbons (Fsp3) is 0.667. The molecule has 2 fully saturated rings. The number of halogens is 1. The van der Waals surface area contributed by atoms with Gasteiger partial charge >= 0.3 is 0 Å². The largest absolute Gasteiger partial charge is 0.348 e. The van der Waals surface area contributed by atoms with Crippen LogP contribution in [0.2, 0.25) is 0 Å². The SMILES string of the molecule is CC(NC(=O)CN1CCC2CNCC2C1)c1cccs1.Cl. The highest BCUT2D eigenvalue weighted by Gasteiger charge is 2.33. The number of piperidine rings is 1. The summed E-state index contributed by atoms with van der Waals surface area (Å²) in [5.74, 6) is 1.72. The van der Waals surface area contributed by atoms with Gasteiger partial charge in [0, 0.05) is 11.4 Å². The molecule has 0 saturated carbocycles. The van der Waals surface area contributed by atoms with Gasteiger partial charge in [0.1, 0.15) is 0 Å². The van der Waals surface area contributed by atoms with E-state index in [-0.39, 0.29) is 24.4 Å². The average Bonchev–Trinajstić information content (AvgIpc) is 3.09. The summed E-state index contributed by atoms with van der Waals surface area (Å²) in [4.78, 5) is 15.7. The van der Waals surface area contributed by atoms with Crippen molar-refractivity contribution in [2.24, 2.45) is 11.8 Å². The number of nitrogens with zero attached hydrogens (tertiary/aromatic N) is 1. The minimum atomic E-state index is 0. The molecular formula is C15H24ClN3OS. The molecule has 0 radical (unpaired) electrons. The second-order valence-electron chi connectivity index (χ2n) is 6.01. The number of fused-ring (bicyclic) bond motifs is 1. The van der Waals surface area contributed by atoms with Crippen LogP contribution in [-0.2, 0) is 4.79 Å². The highest BCUT2D eigenvalue weighted by Crippen LogP contribution is 2.26. The Hall–Kier alpha value is -0.620. The van der Waals surface area contributed by atoms with Gasteiger partial charge in [0.25, 0.3) is 0 Å². The zero-order valence-electron chi connectivity index (χ0n) is 12.4. The molecule has 0 aliphatic carbocycles. The van der Waals surface area contributed by atoms with Crippen LogP contribution >= 0.6 is 23.7 Å². The lowest BCUT2D eigenvalue weighted by Crippen LogP contribution is -2.45. The molecule has 6 heteroatoms. The first kappa shape index (κ1) is 16.7. The third-order valence-electron chi connectivity index (χ3n) is 4.50. The van der Waals surface area contributed by atoms with Crippen molar-refractivity contribution in [1.29, 1.82) is 0 Å². The van der Waals surface area contributed by atoms with Gasteiger partial charge in [0.15, 0.2) is 0 Å². The Kier molecular flexibility index (Phi) is 6.05. The van der Waals surface area contributed by atoms with Crippen LogP contribution in [0.25, 0.3) is 0 Å². The Morgan fingerprint density at radius 3 is 3.10 bits per heavy atom. The quantitative estimate of drug-likeness (QED) is 0.886. The summed E-state index contributed by atoms with van der Waals surface area (Å²) in [6, 6.07) is 4.22. The zero-order valence-corrected chi connectivity index (χ0v) is 14.0. The molecule has 2 aliphatic rings. The predicted molar refractivity (Wildman–Crippen MR) is 89.0 cm³/mol. The minimum absolute atomic E-state index is 0. The lowest BCUT2D eigenvalue weighted by Gasteiger charge is -2.34. The van der Waals surface area contributed by atoms with Crippen LogP contribution in [0.3, 0.4) is 0 Å². The molecule has 2 N–H and O–H groups in total. The van der Waals surface area contributed by atoms with Gasteiger partial charge in [-0.2, -0.15) is 0 Å². The number of thiophene rings is 1. The highest BCUT2D eigenvalue weighted by molar-refractivity contribution is 7.10. The van der Waals surface area contributed by atoms with Crippen molar-refractivity contribution in [1.82, 2.24) is 15.5 Å². The standard InChI is InChI=1S/C15H23N3OS.ClH/c1-11(14-3-2-6-20-14)17-15(19)10-18-5-4-12-7-16-8-13(12)9-18;/h2-3,6,11-13,16H,4-5,7-10H2,1H3,(H,17,19);1H. The smallest absolute Gasteiger partial charge is 0.234 e. The molecule has 0 spiro atoms. The Bertz CT molecular complexity index is 454. The molecule has 2 aliphatic heterocycles. The van der Waals surface area contributed by atoms with Crippen LogP contribution < -0.4 is 10.6 Å². The van der Waals surface area contributed by atoms with E-state index >= 15 is 0 Å². The first-order chi connectivity index (χ1) is 9.72. The lowest BCUT2D eigenvalue weighted by atomic mass is 9.89. The van der Waals surface area contributed by atoms with Gasteiger partial charge in [-0.15, -0.1) is 23.7 Å². The summed E-state index contributed by atoms with van der Waals surface area (Å²) in [5, 5.41) is 8.62.